The van der Waals surface area contributed by atoms with Crippen LogP contribution in [0.4, 0.5) is 5.13 Å². The van der Waals surface area contributed by atoms with E-state index in [2.05, 4.69) is 15.0 Å². The van der Waals surface area contributed by atoms with Crippen molar-refractivity contribution >= 4 is 48.3 Å². The van der Waals surface area contributed by atoms with E-state index in [0.29, 0.717) is 10.2 Å². The largest absolute Gasteiger partial charge is 0.317 e. The van der Waals surface area contributed by atoms with Crippen LogP contribution < -0.4 is 10.0 Å². The Balaban J connectivity index is 1.73. The third-order valence-electron chi connectivity index (χ3n) is 3.51. The molecule has 21 heavy (non-hydrogen) atoms. The lowest BCUT2D eigenvalue weighted by molar-refractivity contribution is 0.402. The van der Waals surface area contributed by atoms with Crippen molar-refractivity contribution in [3.05, 3.63) is 23.2 Å². The van der Waals surface area contributed by atoms with Gasteiger partial charge in [-0.2, -0.15) is 0 Å². The van der Waals surface area contributed by atoms with E-state index in [9.17, 15) is 8.42 Å². The predicted octanol–water partition coefficient (Wildman–Crippen LogP) is 2.69. The molecular weight excluding hydrogens is 330 g/mol. The number of anilines is 1. The molecule has 1 aliphatic heterocycles. The van der Waals surface area contributed by atoms with E-state index < -0.39 is 10.0 Å². The Bertz CT molecular complexity index is 739. The van der Waals surface area contributed by atoms with Crippen molar-refractivity contribution in [3.8, 4) is 0 Å². The Hall–Kier alpha value is -0.890. The van der Waals surface area contributed by atoms with Crippen LogP contribution in [0.1, 0.15) is 12.8 Å². The van der Waals surface area contributed by atoms with Crippen molar-refractivity contribution in [3.63, 3.8) is 0 Å². The maximum absolute atomic E-state index is 12.2. The molecule has 0 bridgehead atoms. The van der Waals surface area contributed by atoms with E-state index >= 15 is 0 Å². The average molecular weight is 346 g/mol. The lowest BCUT2D eigenvalue weighted by atomic mass is 10.0. The SMILES string of the molecule is O=S(=O)(CC1CCNCC1)Nc1nc2ccc(Cl)cc2s1. The second kappa shape index (κ2) is 6.08. The van der Waals surface area contributed by atoms with Gasteiger partial charge in [-0.15, -0.1) is 0 Å². The number of halogens is 1. The molecule has 2 heterocycles. The number of hydrogen-bond donors (Lipinski definition) is 2. The van der Waals surface area contributed by atoms with E-state index in [0.717, 1.165) is 36.1 Å². The van der Waals surface area contributed by atoms with Gasteiger partial charge in [0, 0.05) is 5.02 Å². The van der Waals surface area contributed by atoms with Gasteiger partial charge >= 0.3 is 0 Å². The third kappa shape index (κ3) is 3.85. The lowest BCUT2D eigenvalue weighted by Crippen LogP contribution is -2.33. The first-order valence-corrected chi connectivity index (χ1v) is 9.64. The van der Waals surface area contributed by atoms with Gasteiger partial charge in [-0.3, -0.25) is 4.72 Å². The van der Waals surface area contributed by atoms with Crippen molar-refractivity contribution in [2.45, 2.75) is 12.8 Å². The van der Waals surface area contributed by atoms with Crippen LogP contribution in [0.15, 0.2) is 18.2 Å². The van der Waals surface area contributed by atoms with Crippen molar-refractivity contribution < 1.29 is 8.42 Å². The molecule has 0 aliphatic carbocycles. The molecular formula is C13H16ClN3O2S2. The number of nitrogens with zero attached hydrogens (tertiary/aromatic N) is 1. The summed E-state index contributed by atoms with van der Waals surface area (Å²) in [5.41, 5.74) is 0.754. The summed E-state index contributed by atoms with van der Waals surface area (Å²) >= 11 is 7.23. The molecule has 0 atom stereocenters. The number of fused-ring (bicyclic) bond motifs is 1. The van der Waals surface area contributed by atoms with E-state index in [-0.39, 0.29) is 11.7 Å². The smallest absolute Gasteiger partial charge is 0.234 e. The molecule has 1 saturated heterocycles. The minimum atomic E-state index is -3.35. The molecule has 2 N–H and O–H groups in total. The van der Waals surface area contributed by atoms with Gasteiger partial charge in [0.25, 0.3) is 0 Å². The molecule has 1 aromatic carbocycles. The molecule has 1 aliphatic rings. The molecule has 0 amide bonds. The first-order chi connectivity index (χ1) is 10.0. The van der Waals surface area contributed by atoms with Gasteiger partial charge in [0.1, 0.15) is 0 Å². The molecule has 1 fully saturated rings. The quantitative estimate of drug-likeness (QED) is 0.893. The van der Waals surface area contributed by atoms with Gasteiger partial charge in [0.15, 0.2) is 5.13 Å². The Morgan fingerprint density at radius 3 is 2.90 bits per heavy atom. The van der Waals surface area contributed by atoms with Crippen LogP contribution in [0.2, 0.25) is 5.02 Å². The molecule has 0 radical (unpaired) electrons. The Morgan fingerprint density at radius 2 is 2.14 bits per heavy atom. The first kappa shape index (κ1) is 15.0. The molecule has 1 aromatic heterocycles. The standard InChI is InChI=1S/C13H16ClN3O2S2/c14-10-1-2-11-12(7-10)20-13(16-11)17-21(18,19)8-9-3-5-15-6-4-9/h1-2,7,9,15H,3-6,8H2,(H,16,17). The van der Waals surface area contributed by atoms with Crippen molar-refractivity contribution in [2.75, 3.05) is 23.6 Å². The number of aromatic nitrogens is 1. The molecule has 3 rings (SSSR count). The zero-order valence-electron chi connectivity index (χ0n) is 11.3. The van der Waals surface area contributed by atoms with Gasteiger partial charge < -0.3 is 5.32 Å². The van der Waals surface area contributed by atoms with Crippen LogP contribution in [-0.2, 0) is 10.0 Å². The van der Waals surface area contributed by atoms with E-state index in [1.54, 1.807) is 18.2 Å². The predicted molar refractivity (Wildman–Crippen MR) is 87.6 cm³/mol. The van der Waals surface area contributed by atoms with E-state index in [1.165, 1.54) is 11.3 Å². The van der Waals surface area contributed by atoms with Crippen LogP contribution in [0, 0.1) is 5.92 Å². The number of rotatable bonds is 4. The number of benzene rings is 1. The molecule has 0 saturated carbocycles. The number of sulfonamides is 1. The second-order valence-corrected chi connectivity index (χ2v) is 8.44. The number of nitrogens with one attached hydrogen (secondary N) is 2. The van der Waals surface area contributed by atoms with Gasteiger partial charge in [-0.1, -0.05) is 22.9 Å². The fourth-order valence-corrected chi connectivity index (χ4v) is 5.37. The van der Waals surface area contributed by atoms with Crippen LogP contribution >= 0.6 is 22.9 Å². The minimum absolute atomic E-state index is 0.158. The van der Waals surface area contributed by atoms with Gasteiger partial charge in [0.05, 0.1) is 16.0 Å². The zero-order chi connectivity index (χ0) is 14.9. The van der Waals surface area contributed by atoms with E-state index in [4.69, 9.17) is 11.6 Å². The van der Waals surface area contributed by atoms with Crippen LogP contribution in [-0.4, -0.2) is 32.2 Å². The molecule has 5 nitrogen and oxygen atoms in total. The molecule has 8 heteroatoms. The maximum atomic E-state index is 12.2. The molecule has 114 valence electrons. The minimum Gasteiger partial charge on any atom is -0.317 e. The number of hydrogen-bond acceptors (Lipinski definition) is 5. The van der Waals surface area contributed by atoms with Crippen LogP contribution in [0.3, 0.4) is 0 Å². The third-order valence-corrected chi connectivity index (χ3v) is 6.22. The summed E-state index contributed by atoms with van der Waals surface area (Å²) < 4.78 is 27.9. The second-order valence-electron chi connectivity index (χ2n) is 5.21. The Labute approximate surface area is 132 Å². The Kier molecular flexibility index (Phi) is 4.35. The summed E-state index contributed by atoms with van der Waals surface area (Å²) in [7, 11) is -3.35. The summed E-state index contributed by atoms with van der Waals surface area (Å²) in [5, 5.41) is 4.26. The highest BCUT2D eigenvalue weighted by molar-refractivity contribution is 7.92. The van der Waals surface area contributed by atoms with Gasteiger partial charge in [-0.25, -0.2) is 13.4 Å². The van der Waals surface area contributed by atoms with Crippen molar-refractivity contribution in [2.24, 2.45) is 5.92 Å². The summed E-state index contributed by atoms with van der Waals surface area (Å²) in [6.07, 6.45) is 1.80. The highest BCUT2D eigenvalue weighted by atomic mass is 35.5. The fraction of sp³-hybridized carbons (Fsp3) is 0.462. The molecule has 2 aromatic rings. The molecule has 0 unspecified atom stereocenters. The number of thiazole rings is 1. The first-order valence-electron chi connectivity index (χ1n) is 6.79. The van der Waals surface area contributed by atoms with Crippen molar-refractivity contribution in [1.29, 1.82) is 0 Å². The van der Waals surface area contributed by atoms with Crippen LogP contribution in [0.25, 0.3) is 10.2 Å². The summed E-state index contributed by atoms with van der Waals surface area (Å²) in [4.78, 5) is 4.29. The monoisotopic (exact) mass is 345 g/mol. The van der Waals surface area contributed by atoms with Gasteiger partial charge in [0.2, 0.25) is 10.0 Å². The summed E-state index contributed by atoms with van der Waals surface area (Å²) in [5.74, 6) is 0.373. The topological polar surface area (TPSA) is 71.1 Å². The normalized spacial score (nSPS) is 17.2. The van der Waals surface area contributed by atoms with Crippen molar-refractivity contribution in [1.82, 2.24) is 10.3 Å². The van der Waals surface area contributed by atoms with E-state index in [1.807, 2.05) is 0 Å². The average Bonchev–Trinajstić information content (AvgIpc) is 2.79. The van der Waals surface area contributed by atoms with Crippen LogP contribution in [0.5, 0.6) is 0 Å². The maximum Gasteiger partial charge on any atom is 0.234 e. The van der Waals surface area contributed by atoms with Gasteiger partial charge in [-0.05, 0) is 50.0 Å². The Morgan fingerprint density at radius 1 is 1.38 bits per heavy atom. The number of piperidine rings is 1. The molecule has 0 spiro atoms. The lowest BCUT2D eigenvalue weighted by Gasteiger charge is -2.22. The summed E-state index contributed by atoms with van der Waals surface area (Å²) in [6.45, 7) is 1.78. The highest BCUT2D eigenvalue weighted by Crippen LogP contribution is 2.29. The fourth-order valence-electron chi connectivity index (χ4n) is 2.48. The zero-order valence-corrected chi connectivity index (χ0v) is 13.7. The highest BCUT2D eigenvalue weighted by Gasteiger charge is 2.22. The summed E-state index contributed by atoms with van der Waals surface area (Å²) in [6, 6.07) is 5.33.